The molecular weight excluding hydrogens is 346 g/mol. The minimum atomic E-state index is 0.321. The largest absolute Gasteiger partial charge is 0.484 e. The molecule has 6 nitrogen and oxygen atoms in total. The highest BCUT2D eigenvalue weighted by molar-refractivity contribution is 9.10. The molecule has 1 aliphatic rings. The number of aromatic nitrogens is 5. The molecule has 1 fully saturated rings. The van der Waals surface area contributed by atoms with E-state index in [1.807, 2.05) is 16.8 Å². The van der Waals surface area contributed by atoms with Crippen molar-refractivity contribution in [3.63, 3.8) is 0 Å². The van der Waals surface area contributed by atoms with Gasteiger partial charge in [-0.05, 0) is 52.9 Å². The van der Waals surface area contributed by atoms with Crippen LogP contribution in [0.2, 0.25) is 0 Å². The first-order chi connectivity index (χ1) is 10.8. The summed E-state index contributed by atoms with van der Waals surface area (Å²) in [4.78, 5) is 8.29. The topological polar surface area (TPSA) is 65.7 Å². The predicted molar refractivity (Wildman–Crippen MR) is 84.3 cm³/mol. The summed E-state index contributed by atoms with van der Waals surface area (Å²) in [5, 5.41) is 8.52. The number of nitrogens with zero attached hydrogens (tertiary/aromatic N) is 5. The smallest absolute Gasteiger partial charge is 0.166 e. The number of fused-ring (bicyclic) bond motifs is 1. The van der Waals surface area contributed by atoms with Crippen molar-refractivity contribution in [1.29, 1.82) is 0 Å². The van der Waals surface area contributed by atoms with Gasteiger partial charge in [0.1, 0.15) is 17.9 Å². The van der Waals surface area contributed by atoms with Crippen molar-refractivity contribution >= 4 is 27.0 Å². The van der Waals surface area contributed by atoms with Crippen LogP contribution in [0.15, 0.2) is 35.1 Å². The number of hydrogen-bond donors (Lipinski definition) is 0. The molecule has 1 aromatic carbocycles. The lowest BCUT2D eigenvalue weighted by atomic mass is 10.3. The zero-order chi connectivity index (χ0) is 14.9. The van der Waals surface area contributed by atoms with E-state index >= 15 is 0 Å². The fraction of sp³-hybridized carbons (Fsp3) is 0.333. The molecule has 7 heteroatoms. The van der Waals surface area contributed by atoms with E-state index in [0.29, 0.717) is 12.4 Å². The van der Waals surface area contributed by atoms with Gasteiger partial charge in [0.25, 0.3) is 0 Å². The van der Waals surface area contributed by atoms with Gasteiger partial charge in [0.15, 0.2) is 5.82 Å². The molecule has 22 heavy (non-hydrogen) atoms. The predicted octanol–water partition coefficient (Wildman–Crippen LogP) is 2.97. The second-order valence-electron chi connectivity index (χ2n) is 5.41. The van der Waals surface area contributed by atoms with Crippen molar-refractivity contribution in [1.82, 2.24) is 25.0 Å². The van der Waals surface area contributed by atoms with Crippen LogP contribution in [0.5, 0.6) is 5.75 Å². The molecule has 1 aliphatic carbocycles. The number of ether oxygens (including phenoxy) is 1. The first-order valence-electron chi connectivity index (χ1n) is 7.21. The summed E-state index contributed by atoms with van der Waals surface area (Å²) in [6, 6.07) is 5.72. The molecule has 1 saturated carbocycles. The van der Waals surface area contributed by atoms with E-state index in [0.717, 1.165) is 33.7 Å². The second-order valence-corrected chi connectivity index (χ2v) is 6.21. The van der Waals surface area contributed by atoms with Crippen molar-refractivity contribution in [3.05, 3.63) is 40.9 Å². The van der Waals surface area contributed by atoms with Crippen molar-refractivity contribution in [2.24, 2.45) is 5.92 Å². The number of rotatable bonds is 5. The summed E-state index contributed by atoms with van der Waals surface area (Å²) in [6.45, 7) is 1.27. The minimum absolute atomic E-state index is 0.321. The third-order valence-electron chi connectivity index (χ3n) is 3.69. The zero-order valence-electron chi connectivity index (χ0n) is 11.8. The highest BCUT2D eigenvalue weighted by Crippen LogP contribution is 2.35. The third kappa shape index (κ3) is 2.68. The van der Waals surface area contributed by atoms with Gasteiger partial charge >= 0.3 is 0 Å². The monoisotopic (exact) mass is 359 g/mol. The molecule has 2 heterocycles. The second kappa shape index (κ2) is 5.64. The van der Waals surface area contributed by atoms with Crippen LogP contribution in [0.3, 0.4) is 0 Å². The van der Waals surface area contributed by atoms with E-state index in [9.17, 15) is 0 Å². The average molecular weight is 360 g/mol. The fourth-order valence-electron chi connectivity index (χ4n) is 2.32. The first-order valence-corrected chi connectivity index (χ1v) is 8.01. The van der Waals surface area contributed by atoms with E-state index in [1.54, 1.807) is 18.5 Å². The molecule has 0 N–H and O–H groups in total. The van der Waals surface area contributed by atoms with Crippen LogP contribution in [0.4, 0.5) is 0 Å². The van der Waals surface area contributed by atoms with Gasteiger partial charge in [-0.2, -0.15) is 0 Å². The summed E-state index contributed by atoms with van der Waals surface area (Å²) in [7, 11) is 0. The van der Waals surface area contributed by atoms with Crippen LogP contribution in [0.25, 0.3) is 11.0 Å². The minimum Gasteiger partial charge on any atom is -0.484 e. The maximum absolute atomic E-state index is 5.78. The number of halogens is 1. The summed E-state index contributed by atoms with van der Waals surface area (Å²) in [5.41, 5.74) is 1.86. The Hall–Kier alpha value is -2.02. The van der Waals surface area contributed by atoms with Crippen molar-refractivity contribution < 1.29 is 4.74 Å². The molecule has 4 rings (SSSR count). The number of benzene rings is 1. The van der Waals surface area contributed by atoms with Gasteiger partial charge in [0.2, 0.25) is 0 Å². The van der Waals surface area contributed by atoms with Crippen molar-refractivity contribution in [2.75, 3.05) is 0 Å². The van der Waals surface area contributed by atoms with Crippen molar-refractivity contribution in [3.8, 4) is 5.75 Å². The maximum Gasteiger partial charge on any atom is 0.166 e. The molecule has 0 spiro atoms. The third-order valence-corrected chi connectivity index (χ3v) is 4.46. The Morgan fingerprint density at radius 2 is 2.05 bits per heavy atom. The summed E-state index contributed by atoms with van der Waals surface area (Å²) < 4.78 is 8.58. The van der Waals surface area contributed by atoms with Crippen LogP contribution in [-0.2, 0) is 13.2 Å². The molecule has 0 bridgehead atoms. The van der Waals surface area contributed by atoms with Crippen LogP contribution >= 0.6 is 15.9 Å². The Bertz CT molecular complexity index is 800. The maximum atomic E-state index is 5.78. The molecule has 3 aromatic rings. The lowest BCUT2D eigenvalue weighted by molar-refractivity contribution is 0.294. The lowest BCUT2D eigenvalue weighted by Crippen LogP contribution is -2.02. The Balaban J connectivity index is 1.58. The van der Waals surface area contributed by atoms with Gasteiger partial charge in [0, 0.05) is 18.9 Å². The Morgan fingerprint density at radius 3 is 2.82 bits per heavy atom. The first kappa shape index (κ1) is 13.6. The van der Waals surface area contributed by atoms with Crippen LogP contribution in [0.1, 0.15) is 18.7 Å². The summed E-state index contributed by atoms with van der Waals surface area (Å²) in [6.07, 6.45) is 5.99. The fourth-order valence-corrected chi connectivity index (χ4v) is 2.85. The highest BCUT2D eigenvalue weighted by atomic mass is 79.9. The van der Waals surface area contributed by atoms with E-state index in [4.69, 9.17) is 4.74 Å². The Morgan fingerprint density at radius 1 is 1.23 bits per heavy atom. The molecule has 0 amide bonds. The normalized spacial score (nSPS) is 14.4. The highest BCUT2D eigenvalue weighted by Gasteiger charge is 2.23. The number of hydrogen-bond acceptors (Lipinski definition) is 5. The van der Waals surface area contributed by atoms with Gasteiger partial charge in [-0.15, -0.1) is 5.10 Å². The molecule has 2 aromatic heterocycles. The van der Waals surface area contributed by atoms with Crippen LogP contribution in [-0.4, -0.2) is 25.0 Å². The van der Waals surface area contributed by atoms with Gasteiger partial charge < -0.3 is 4.74 Å². The van der Waals surface area contributed by atoms with E-state index in [-0.39, 0.29) is 0 Å². The Kier molecular flexibility index (Phi) is 3.49. The van der Waals surface area contributed by atoms with E-state index in [2.05, 4.69) is 36.2 Å². The van der Waals surface area contributed by atoms with Crippen LogP contribution < -0.4 is 4.74 Å². The van der Waals surface area contributed by atoms with Crippen LogP contribution in [0, 0.1) is 5.92 Å². The average Bonchev–Trinajstić information content (AvgIpc) is 3.27. The summed E-state index contributed by atoms with van der Waals surface area (Å²) in [5.74, 6) is 2.13. The SMILES string of the molecule is Brc1c(OCc2ncccn2)ccc2c1nnn2CC1CC1. The van der Waals surface area contributed by atoms with Gasteiger partial charge in [-0.1, -0.05) is 5.21 Å². The van der Waals surface area contributed by atoms with Gasteiger partial charge in [-0.3, -0.25) is 0 Å². The Labute approximate surface area is 135 Å². The standard InChI is InChI=1S/C15H14BrN5O/c16-14-12(22-9-13-17-6-1-7-18-13)5-4-11-15(14)19-20-21(11)8-10-2-3-10/h1,4-7,10H,2-3,8-9H2. The van der Waals surface area contributed by atoms with E-state index < -0.39 is 0 Å². The molecule has 0 atom stereocenters. The molecule has 0 saturated heterocycles. The molecule has 0 aliphatic heterocycles. The molecular formula is C15H14BrN5O. The van der Waals surface area contributed by atoms with E-state index in [1.165, 1.54) is 12.8 Å². The van der Waals surface area contributed by atoms with Gasteiger partial charge in [-0.25, -0.2) is 14.6 Å². The molecule has 112 valence electrons. The quantitative estimate of drug-likeness (QED) is 0.700. The molecule has 0 unspecified atom stereocenters. The molecule has 0 radical (unpaired) electrons. The zero-order valence-corrected chi connectivity index (χ0v) is 13.4. The lowest BCUT2D eigenvalue weighted by Gasteiger charge is -2.08. The van der Waals surface area contributed by atoms with Gasteiger partial charge in [0.05, 0.1) is 9.99 Å². The van der Waals surface area contributed by atoms with Crippen molar-refractivity contribution in [2.45, 2.75) is 26.0 Å². The summed E-state index contributed by atoms with van der Waals surface area (Å²) >= 11 is 3.57.